The number of urea groups is 1. The fourth-order valence-corrected chi connectivity index (χ4v) is 7.07. The number of aliphatic hydroxyl groups is 1. The molecule has 47 heavy (non-hydrogen) atoms. The summed E-state index contributed by atoms with van der Waals surface area (Å²) in [4.78, 5) is 15.8. The van der Waals surface area contributed by atoms with Crippen LogP contribution < -0.4 is 40.6 Å². The largest absolute Gasteiger partial charge is 0.502 e. The third-order valence-electron chi connectivity index (χ3n) is 9.51. The zero-order chi connectivity index (χ0) is 33.3. The van der Waals surface area contributed by atoms with Crippen LogP contribution in [0, 0.1) is 11.8 Å². The van der Waals surface area contributed by atoms with E-state index in [-0.39, 0.29) is 48.5 Å². The number of nitrogens with two attached hydrogens (primary N) is 1. The average molecular weight is 658 g/mol. The van der Waals surface area contributed by atoms with Gasteiger partial charge in [0.25, 0.3) is 0 Å². The quantitative estimate of drug-likeness (QED) is 0.138. The summed E-state index contributed by atoms with van der Waals surface area (Å²) in [6.07, 6.45) is 3.00. The minimum atomic E-state index is -1.08. The number of carbonyl (C=O) groups excluding carboxylic acids is 1. The zero-order valence-corrected chi connectivity index (χ0v) is 27.8. The number of carbonyl (C=O) groups is 1. The van der Waals surface area contributed by atoms with E-state index in [4.69, 9.17) is 29.4 Å². The number of amides is 2. The van der Waals surface area contributed by atoms with Gasteiger partial charge in [-0.05, 0) is 106 Å². The van der Waals surface area contributed by atoms with Crippen molar-refractivity contribution in [2.45, 2.75) is 50.9 Å². The molecule has 1 aliphatic carbocycles. The zero-order valence-electron chi connectivity index (χ0n) is 27.8. The molecule has 3 aliphatic rings. The van der Waals surface area contributed by atoms with Crippen molar-refractivity contribution in [3.05, 3.63) is 41.0 Å². The molecule has 1 saturated heterocycles. The smallest absolute Gasteiger partial charge is 0.315 e. The molecule has 0 radical (unpaired) electrons. The predicted molar refractivity (Wildman–Crippen MR) is 176 cm³/mol. The number of ether oxygens (including phenoxy) is 5. The van der Waals surface area contributed by atoms with Gasteiger partial charge in [0.1, 0.15) is 0 Å². The van der Waals surface area contributed by atoms with Gasteiger partial charge >= 0.3 is 6.03 Å². The fraction of sp³-hybridized carbons (Fsp3) is 0.618. The summed E-state index contributed by atoms with van der Waals surface area (Å²) in [6, 6.07) is 6.59. The van der Waals surface area contributed by atoms with Crippen LogP contribution in [0.2, 0.25) is 0 Å². The van der Waals surface area contributed by atoms with E-state index in [0.29, 0.717) is 18.0 Å². The minimum Gasteiger partial charge on any atom is -0.502 e. The van der Waals surface area contributed by atoms with Crippen LogP contribution in [0.15, 0.2) is 24.3 Å². The molecule has 260 valence electrons. The van der Waals surface area contributed by atoms with E-state index in [2.05, 4.69) is 27.8 Å². The molecule has 1 fully saturated rings. The molecular formula is C34H51N5O8. The van der Waals surface area contributed by atoms with Gasteiger partial charge < -0.3 is 60.5 Å². The van der Waals surface area contributed by atoms with Crippen LogP contribution in [-0.2, 0) is 4.74 Å². The lowest BCUT2D eigenvalue weighted by atomic mass is 9.65. The SMILES string of the molecule is CCN(CCCCNCCCN)CCCNC(=O)N[C@@H]1c2cc3c(cc2[C@@H](c2cc(OC)c(O)c(OC)c2)[C@H]2C(O)OC[C@@H]21)OCO3. The van der Waals surface area contributed by atoms with E-state index in [1.807, 2.05) is 12.1 Å². The van der Waals surface area contributed by atoms with Crippen LogP contribution in [0.4, 0.5) is 4.79 Å². The van der Waals surface area contributed by atoms with Crippen molar-refractivity contribution >= 4 is 6.03 Å². The Kier molecular flexibility index (Phi) is 12.3. The minimum absolute atomic E-state index is 0.0986. The highest BCUT2D eigenvalue weighted by Crippen LogP contribution is 2.56. The van der Waals surface area contributed by atoms with Crippen molar-refractivity contribution in [1.29, 1.82) is 0 Å². The summed E-state index contributed by atoms with van der Waals surface area (Å²) < 4.78 is 28.2. The maximum absolute atomic E-state index is 13.3. The van der Waals surface area contributed by atoms with Gasteiger partial charge in [-0.1, -0.05) is 6.92 Å². The molecule has 0 saturated carbocycles. The van der Waals surface area contributed by atoms with Gasteiger partial charge in [-0.15, -0.1) is 0 Å². The maximum Gasteiger partial charge on any atom is 0.315 e. The van der Waals surface area contributed by atoms with Crippen molar-refractivity contribution in [3.63, 3.8) is 0 Å². The van der Waals surface area contributed by atoms with Gasteiger partial charge in [0, 0.05) is 24.3 Å². The van der Waals surface area contributed by atoms with Crippen LogP contribution in [0.5, 0.6) is 28.7 Å². The Morgan fingerprint density at radius 2 is 1.66 bits per heavy atom. The second-order valence-corrected chi connectivity index (χ2v) is 12.3. The van der Waals surface area contributed by atoms with E-state index in [9.17, 15) is 15.0 Å². The van der Waals surface area contributed by atoms with Crippen LogP contribution in [-0.4, -0.2) is 101 Å². The number of methoxy groups -OCH3 is 2. The third kappa shape index (κ3) is 7.98. The lowest BCUT2D eigenvalue weighted by molar-refractivity contribution is -0.0855. The highest BCUT2D eigenvalue weighted by atomic mass is 16.7. The van der Waals surface area contributed by atoms with Gasteiger partial charge in [0.2, 0.25) is 12.5 Å². The number of nitrogens with one attached hydrogen (secondary N) is 3. The van der Waals surface area contributed by atoms with Gasteiger partial charge in [-0.2, -0.15) is 0 Å². The number of hydrogen-bond donors (Lipinski definition) is 6. The molecule has 5 atom stereocenters. The monoisotopic (exact) mass is 657 g/mol. The standard InChI is InChI=1S/C34H51N5O8/c1-4-39(13-6-5-10-36-11-7-9-35)14-8-12-37-34(42)38-31-23-18-26-25(46-20-47-26)17-22(23)29(30-24(31)19-45-33(30)41)21-15-27(43-2)32(40)28(16-21)44-3/h15-18,24,29-31,33,36,40-41H,4-14,19-20,35H2,1-3H3,(H2,37,38,42)/t24-,29+,30-,31+,33?/m0/s1. The highest BCUT2D eigenvalue weighted by molar-refractivity contribution is 5.75. The van der Waals surface area contributed by atoms with Gasteiger partial charge in [0.15, 0.2) is 29.3 Å². The molecule has 2 aromatic rings. The first-order valence-electron chi connectivity index (χ1n) is 16.8. The number of fused-ring (bicyclic) bond motifs is 3. The summed E-state index contributed by atoms with van der Waals surface area (Å²) in [5.41, 5.74) is 8.02. The predicted octanol–water partition coefficient (Wildman–Crippen LogP) is 2.64. The van der Waals surface area contributed by atoms with Gasteiger partial charge in [-0.3, -0.25) is 0 Å². The van der Waals surface area contributed by atoms with Crippen molar-refractivity contribution < 1.29 is 38.7 Å². The number of phenolic OH excluding ortho intramolecular Hbond substituents is 1. The molecule has 13 nitrogen and oxygen atoms in total. The van der Waals surface area contributed by atoms with Crippen molar-refractivity contribution in [2.24, 2.45) is 17.6 Å². The molecule has 2 aliphatic heterocycles. The van der Waals surface area contributed by atoms with E-state index in [1.165, 1.54) is 14.2 Å². The Morgan fingerprint density at radius 3 is 2.34 bits per heavy atom. The number of phenols is 1. The average Bonchev–Trinajstić information content (AvgIpc) is 3.70. The highest BCUT2D eigenvalue weighted by Gasteiger charge is 2.52. The molecule has 2 aromatic carbocycles. The summed E-state index contributed by atoms with van der Waals surface area (Å²) >= 11 is 0. The van der Waals surface area contributed by atoms with Gasteiger partial charge in [0.05, 0.1) is 26.9 Å². The molecule has 0 bridgehead atoms. The molecule has 5 rings (SSSR count). The molecule has 2 heterocycles. The number of hydrogen-bond acceptors (Lipinski definition) is 11. The van der Waals surface area contributed by atoms with E-state index in [1.54, 1.807) is 12.1 Å². The summed E-state index contributed by atoms with van der Waals surface area (Å²) in [6.45, 7) is 8.64. The second-order valence-electron chi connectivity index (χ2n) is 12.3. The van der Waals surface area contributed by atoms with Crippen LogP contribution >= 0.6 is 0 Å². The van der Waals surface area contributed by atoms with Crippen LogP contribution in [0.25, 0.3) is 0 Å². The lowest BCUT2D eigenvalue weighted by Gasteiger charge is -2.41. The number of benzene rings is 2. The van der Waals surface area contributed by atoms with Crippen molar-refractivity contribution in [2.75, 3.05) is 73.4 Å². The normalized spacial score (nSPS) is 22.6. The molecule has 2 amide bonds. The molecule has 7 N–H and O–H groups in total. The summed E-state index contributed by atoms with van der Waals surface area (Å²) in [7, 11) is 2.95. The Morgan fingerprint density at radius 1 is 0.979 bits per heavy atom. The molecule has 1 unspecified atom stereocenters. The van der Waals surface area contributed by atoms with E-state index in [0.717, 1.165) is 81.6 Å². The number of aliphatic hydroxyl groups excluding tert-OH is 1. The first-order valence-corrected chi connectivity index (χ1v) is 16.8. The Hall–Kier alpha value is -3.49. The molecule has 0 spiro atoms. The Bertz CT molecular complexity index is 1320. The van der Waals surface area contributed by atoms with Gasteiger partial charge in [-0.25, -0.2) is 4.79 Å². The first-order chi connectivity index (χ1) is 22.9. The third-order valence-corrected chi connectivity index (χ3v) is 9.51. The first kappa shape index (κ1) is 34.8. The summed E-state index contributed by atoms with van der Waals surface area (Å²) in [5, 5.41) is 31.4. The number of unbranched alkanes of at least 4 members (excludes halogenated alkanes) is 1. The summed E-state index contributed by atoms with van der Waals surface area (Å²) in [5.74, 6) is 0.537. The number of nitrogens with zero attached hydrogens (tertiary/aromatic N) is 1. The molecule has 0 aromatic heterocycles. The van der Waals surface area contributed by atoms with Crippen molar-refractivity contribution in [1.82, 2.24) is 20.9 Å². The van der Waals surface area contributed by atoms with E-state index >= 15 is 0 Å². The van der Waals surface area contributed by atoms with Crippen LogP contribution in [0.1, 0.15) is 61.3 Å². The molecular weight excluding hydrogens is 606 g/mol. The lowest BCUT2D eigenvalue weighted by Crippen LogP contribution is -2.46. The van der Waals surface area contributed by atoms with E-state index < -0.39 is 18.2 Å². The topological polar surface area (TPSA) is 169 Å². The number of rotatable bonds is 17. The Labute approximate surface area is 277 Å². The Balaban J connectivity index is 1.28. The second kappa shape index (κ2) is 16.6. The van der Waals surface area contributed by atoms with Crippen LogP contribution in [0.3, 0.4) is 0 Å². The number of aromatic hydroxyl groups is 1. The fourth-order valence-electron chi connectivity index (χ4n) is 7.07. The maximum atomic E-state index is 13.3. The van der Waals surface area contributed by atoms with Crippen molar-refractivity contribution in [3.8, 4) is 28.7 Å². The molecule has 13 heteroatoms.